The van der Waals surface area contributed by atoms with E-state index in [0.717, 1.165) is 48.8 Å². The highest BCUT2D eigenvalue weighted by Crippen LogP contribution is 2.29. The molecule has 7 heteroatoms. The predicted molar refractivity (Wildman–Crippen MR) is 139 cm³/mol. The van der Waals surface area contributed by atoms with Crippen LogP contribution in [0.15, 0.2) is 59.5 Å². The summed E-state index contributed by atoms with van der Waals surface area (Å²) in [7, 11) is 1.64. The number of nitrogens with one attached hydrogen (secondary N) is 1. The number of para-hydroxylation sites is 1. The van der Waals surface area contributed by atoms with Crippen molar-refractivity contribution in [1.82, 2.24) is 24.6 Å². The predicted octanol–water partition coefficient (Wildman–Crippen LogP) is 3.79. The Labute approximate surface area is 205 Å². The molecule has 0 unspecified atom stereocenters. The van der Waals surface area contributed by atoms with E-state index in [2.05, 4.69) is 46.5 Å². The molecule has 0 spiro atoms. The van der Waals surface area contributed by atoms with Gasteiger partial charge in [-0.05, 0) is 57.3 Å². The van der Waals surface area contributed by atoms with Gasteiger partial charge in [-0.3, -0.25) is 14.5 Å². The van der Waals surface area contributed by atoms with Gasteiger partial charge in [0.2, 0.25) is 5.91 Å². The number of amides is 1. The van der Waals surface area contributed by atoms with Crippen molar-refractivity contribution in [3.63, 3.8) is 0 Å². The van der Waals surface area contributed by atoms with Gasteiger partial charge < -0.3 is 9.88 Å². The molecule has 1 amide bonds. The van der Waals surface area contributed by atoms with Crippen LogP contribution in [-0.2, 0) is 18.4 Å². The van der Waals surface area contributed by atoms with Crippen LogP contribution < -0.4 is 10.9 Å². The Bertz CT molecular complexity index is 1410. The highest BCUT2D eigenvalue weighted by Gasteiger charge is 2.25. The van der Waals surface area contributed by atoms with Crippen LogP contribution in [0.3, 0.4) is 0 Å². The number of hydrogen-bond acceptors (Lipinski definition) is 4. The van der Waals surface area contributed by atoms with Crippen LogP contribution in [0, 0.1) is 12.8 Å². The lowest BCUT2D eigenvalue weighted by molar-refractivity contribution is -0.123. The molecule has 2 aromatic heterocycles. The Morgan fingerprint density at radius 3 is 2.54 bits per heavy atom. The number of nitrogens with zero attached hydrogens (tertiary/aromatic N) is 4. The van der Waals surface area contributed by atoms with Crippen molar-refractivity contribution in [2.45, 2.75) is 39.3 Å². The molecular formula is C28H33N5O2. The zero-order valence-electron chi connectivity index (χ0n) is 20.7. The Kier molecular flexibility index (Phi) is 6.43. The van der Waals surface area contributed by atoms with E-state index in [4.69, 9.17) is 0 Å². The summed E-state index contributed by atoms with van der Waals surface area (Å²) in [6.45, 7) is 7.71. The topological polar surface area (TPSA) is 72.2 Å². The van der Waals surface area contributed by atoms with Crippen molar-refractivity contribution in [3.05, 3.63) is 76.2 Å². The molecule has 0 radical (unpaired) electrons. The maximum absolute atomic E-state index is 13.2. The van der Waals surface area contributed by atoms with Gasteiger partial charge in [0.15, 0.2) is 0 Å². The molecule has 4 aromatic rings. The number of carbonyl (C=O) groups is 1. The van der Waals surface area contributed by atoms with Crippen LogP contribution in [0.5, 0.6) is 0 Å². The molecule has 7 nitrogen and oxygen atoms in total. The summed E-state index contributed by atoms with van der Waals surface area (Å²) in [6, 6.07) is 16.1. The first-order chi connectivity index (χ1) is 16.9. The molecule has 0 aliphatic carbocycles. The van der Waals surface area contributed by atoms with Crippen LogP contribution in [0.4, 0.5) is 0 Å². The fourth-order valence-corrected chi connectivity index (χ4v) is 5.20. The number of aryl methyl sites for hydroxylation is 2. The minimum absolute atomic E-state index is 0.0615. The van der Waals surface area contributed by atoms with Crippen molar-refractivity contribution in [2.75, 3.05) is 19.6 Å². The lowest BCUT2D eigenvalue weighted by atomic mass is 9.96. The first-order valence-corrected chi connectivity index (χ1v) is 12.4. The Morgan fingerprint density at radius 1 is 1.09 bits per heavy atom. The minimum Gasteiger partial charge on any atom is -0.354 e. The number of rotatable bonds is 6. The summed E-state index contributed by atoms with van der Waals surface area (Å²) in [5.74, 6) is 0.407. The maximum atomic E-state index is 13.2. The van der Waals surface area contributed by atoms with Gasteiger partial charge in [-0.25, -0.2) is 4.68 Å². The van der Waals surface area contributed by atoms with E-state index in [9.17, 15) is 9.59 Å². The van der Waals surface area contributed by atoms with E-state index >= 15 is 0 Å². The van der Waals surface area contributed by atoms with Crippen LogP contribution >= 0.6 is 0 Å². The summed E-state index contributed by atoms with van der Waals surface area (Å²) in [4.78, 5) is 28.7. The lowest BCUT2D eigenvalue weighted by Crippen LogP contribution is -2.40. The van der Waals surface area contributed by atoms with Gasteiger partial charge in [-0.1, -0.05) is 48.0 Å². The summed E-state index contributed by atoms with van der Waals surface area (Å²) >= 11 is 0. The zero-order chi connectivity index (χ0) is 24.5. The lowest BCUT2D eigenvalue weighted by Gasteiger charge is -2.32. The molecule has 2 aromatic carbocycles. The number of aromatic nitrogens is 3. The number of fused-ring (bicyclic) bond motifs is 3. The van der Waals surface area contributed by atoms with E-state index in [1.54, 1.807) is 13.2 Å². The zero-order valence-corrected chi connectivity index (χ0v) is 20.7. The number of benzene rings is 2. The van der Waals surface area contributed by atoms with Crippen molar-refractivity contribution in [3.8, 4) is 0 Å². The molecular weight excluding hydrogens is 438 g/mol. The van der Waals surface area contributed by atoms with Gasteiger partial charge >= 0.3 is 0 Å². The third-order valence-corrected chi connectivity index (χ3v) is 7.37. The molecule has 0 bridgehead atoms. The monoisotopic (exact) mass is 471 g/mol. The first kappa shape index (κ1) is 23.3. The quantitative estimate of drug-likeness (QED) is 0.465. The van der Waals surface area contributed by atoms with E-state index in [1.807, 2.05) is 35.8 Å². The summed E-state index contributed by atoms with van der Waals surface area (Å²) in [6.07, 6.45) is 3.86. The van der Waals surface area contributed by atoms with Gasteiger partial charge in [0.1, 0.15) is 11.6 Å². The molecule has 3 heterocycles. The summed E-state index contributed by atoms with van der Waals surface area (Å²) < 4.78 is 3.20. The molecule has 1 atom stereocenters. The number of hydrogen-bond donors (Lipinski definition) is 1. The SMILES string of the molecule is Cc1ccc(CN2CCC(CNC(=O)[C@@H](C)n3c4ccccc4c4cnn(C)c(=O)c43)CC2)cc1. The van der Waals surface area contributed by atoms with Crippen molar-refractivity contribution < 1.29 is 4.79 Å². The highest BCUT2D eigenvalue weighted by molar-refractivity contribution is 6.08. The van der Waals surface area contributed by atoms with E-state index < -0.39 is 6.04 Å². The number of piperidine rings is 1. The number of carbonyl (C=O) groups excluding carboxylic acids is 1. The van der Waals surface area contributed by atoms with E-state index in [-0.39, 0.29) is 11.5 Å². The van der Waals surface area contributed by atoms with Crippen LogP contribution in [-0.4, -0.2) is 44.8 Å². The number of likely N-dealkylation sites (tertiary alicyclic amines) is 1. The Morgan fingerprint density at radius 2 is 1.80 bits per heavy atom. The molecule has 1 N–H and O–H groups in total. The third-order valence-electron chi connectivity index (χ3n) is 7.37. The summed E-state index contributed by atoms with van der Waals surface area (Å²) in [5.41, 5.74) is 3.84. The van der Waals surface area contributed by atoms with Gasteiger partial charge in [-0.2, -0.15) is 5.10 Å². The standard InChI is InChI=1S/C28H33N5O2/c1-19-8-10-22(11-9-19)18-32-14-12-21(13-15-32)16-29-27(34)20(2)33-25-7-5-4-6-23(25)24-17-30-31(3)28(35)26(24)33/h4-11,17,20-21H,12-16,18H2,1-3H3,(H,29,34)/t20-/m1/s1. The fourth-order valence-electron chi connectivity index (χ4n) is 5.20. The molecule has 182 valence electrons. The average Bonchev–Trinajstić information content (AvgIpc) is 3.21. The largest absolute Gasteiger partial charge is 0.354 e. The van der Waals surface area contributed by atoms with Crippen LogP contribution in [0.25, 0.3) is 21.8 Å². The van der Waals surface area contributed by atoms with Crippen LogP contribution in [0.1, 0.15) is 36.9 Å². The van der Waals surface area contributed by atoms with Gasteiger partial charge in [0.25, 0.3) is 5.56 Å². The van der Waals surface area contributed by atoms with Crippen molar-refractivity contribution >= 4 is 27.7 Å². The highest BCUT2D eigenvalue weighted by atomic mass is 16.2. The van der Waals surface area contributed by atoms with E-state index in [0.29, 0.717) is 18.0 Å². The molecule has 1 aliphatic rings. The second-order valence-corrected chi connectivity index (χ2v) is 9.85. The molecule has 1 fully saturated rings. The molecule has 5 rings (SSSR count). The molecule has 1 aliphatic heterocycles. The molecule has 0 saturated carbocycles. The van der Waals surface area contributed by atoms with Gasteiger partial charge in [0, 0.05) is 30.9 Å². The average molecular weight is 472 g/mol. The second kappa shape index (κ2) is 9.66. The van der Waals surface area contributed by atoms with Crippen molar-refractivity contribution in [1.29, 1.82) is 0 Å². The normalized spacial score (nSPS) is 16.1. The van der Waals surface area contributed by atoms with Crippen molar-refractivity contribution in [2.24, 2.45) is 13.0 Å². The smallest absolute Gasteiger partial charge is 0.291 e. The minimum atomic E-state index is -0.505. The maximum Gasteiger partial charge on any atom is 0.291 e. The summed E-state index contributed by atoms with van der Waals surface area (Å²) in [5, 5.41) is 9.09. The van der Waals surface area contributed by atoms with Gasteiger partial charge in [0.05, 0.1) is 11.7 Å². The first-order valence-electron chi connectivity index (χ1n) is 12.4. The second-order valence-electron chi connectivity index (χ2n) is 9.85. The molecule has 1 saturated heterocycles. The third kappa shape index (κ3) is 4.60. The van der Waals surface area contributed by atoms with Crippen LogP contribution in [0.2, 0.25) is 0 Å². The Hall–Kier alpha value is -3.45. The Balaban J connectivity index is 1.25. The fraction of sp³-hybridized carbons (Fsp3) is 0.393. The van der Waals surface area contributed by atoms with Gasteiger partial charge in [-0.15, -0.1) is 0 Å². The van der Waals surface area contributed by atoms with E-state index in [1.165, 1.54) is 15.8 Å². The molecule has 35 heavy (non-hydrogen) atoms.